The first-order valence-corrected chi connectivity index (χ1v) is 7.15. The normalized spacial score (nSPS) is 12.8. The summed E-state index contributed by atoms with van der Waals surface area (Å²) in [5, 5.41) is 0.806. The highest BCUT2D eigenvalue weighted by Gasteiger charge is 2.15. The van der Waals surface area contributed by atoms with Crippen molar-refractivity contribution in [3.05, 3.63) is 53.1 Å². The lowest BCUT2D eigenvalue weighted by atomic mass is 10.1. The van der Waals surface area contributed by atoms with E-state index in [1.807, 2.05) is 35.3 Å². The Morgan fingerprint density at radius 3 is 2.85 bits per heavy atom. The highest BCUT2D eigenvalue weighted by Crippen LogP contribution is 2.26. The molecule has 1 atom stereocenters. The van der Waals surface area contributed by atoms with Gasteiger partial charge in [-0.25, -0.2) is 4.98 Å². The molecular weight excluding hydrogens is 272 g/mol. The first-order valence-electron chi connectivity index (χ1n) is 6.77. The van der Waals surface area contributed by atoms with E-state index in [0.717, 1.165) is 29.4 Å². The Morgan fingerprint density at radius 2 is 2.15 bits per heavy atom. The molecule has 0 aliphatic carbocycles. The van der Waals surface area contributed by atoms with Gasteiger partial charge in [0.2, 0.25) is 0 Å². The maximum absolute atomic E-state index is 6.25. The van der Waals surface area contributed by atoms with Crippen LogP contribution in [0.15, 0.2) is 36.8 Å². The summed E-state index contributed by atoms with van der Waals surface area (Å²) in [6, 6.07) is 8.20. The number of hydrogen-bond donors (Lipinski definition) is 1. The van der Waals surface area contributed by atoms with E-state index in [1.54, 1.807) is 0 Å². The lowest BCUT2D eigenvalue weighted by Crippen LogP contribution is -2.22. The molecular formula is C15H21ClN4. The number of halogens is 1. The second-order valence-corrected chi connectivity index (χ2v) is 5.41. The van der Waals surface area contributed by atoms with Crippen LogP contribution < -0.4 is 5.73 Å². The van der Waals surface area contributed by atoms with Crippen molar-refractivity contribution in [3.8, 4) is 0 Å². The van der Waals surface area contributed by atoms with E-state index < -0.39 is 0 Å². The van der Waals surface area contributed by atoms with Gasteiger partial charge in [0.15, 0.2) is 0 Å². The first kappa shape index (κ1) is 15.0. The highest BCUT2D eigenvalue weighted by molar-refractivity contribution is 6.31. The van der Waals surface area contributed by atoms with E-state index in [0.29, 0.717) is 6.54 Å². The summed E-state index contributed by atoms with van der Waals surface area (Å²) in [4.78, 5) is 6.64. The van der Waals surface area contributed by atoms with Crippen LogP contribution in [0.3, 0.4) is 0 Å². The molecule has 2 N–H and O–H groups in total. The minimum absolute atomic E-state index is 0.239. The molecule has 1 unspecified atom stereocenters. The summed E-state index contributed by atoms with van der Waals surface area (Å²) >= 11 is 6.25. The Kier molecular flexibility index (Phi) is 5.17. The topological polar surface area (TPSA) is 47.1 Å². The maximum atomic E-state index is 6.25. The molecule has 0 saturated heterocycles. The molecule has 2 aromatic rings. The van der Waals surface area contributed by atoms with Crippen LogP contribution in [0.4, 0.5) is 0 Å². The van der Waals surface area contributed by atoms with Crippen molar-refractivity contribution in [2.24, 2.45) is 5.73 Å². The van der Waals surface area contributed by atoms with Crippen LogP contribution in [0.25, 0.3) is 0 Å². The number of rotatable bonds is 6. The van der Waals surface area contributed by atoms with Gasteiger partial charge in [0.1, 0.15) is 0 Å². The second kappa shape index (κ2) is 6.88. The van der Waals surface area contributed by atoms with Crippen molar-refractivity contribution in [2.75, 3.05) is 13.6 Å². The first-order chi connectivity index (χ1) is 9.61. The molecule has 108 valence electrons. The molecule has 0 bridgehead atoms. The van der Waals surface area contributed by atoms with Gasteiger partial charge in [0.05, 0.1) is 12.0 Å². The summed E-state index contributed by atoms with van der Waals surface area (Å²) in [6.07, 6.45) is 3.87. The Bertz CT molecular complexity index is 552. The van der Waals surface area contributed by atoms with Crippen molar-refractivity contribution in [1.82, 2.24) is 14.5 Å². The molecule has 0 radical (unpaired) electrons. The fraction of sp³-hybridized carbons (Fsp3) is 0.400. The predicted octanol–water partition coefficient (Wildman–Crippen LogP) is 2.69. The third-order valence-electron chi connectivity index (χ3n) is 3.50. The van der Waals surface area contributed by atoms with Gasteiger partial charge in [-0.3, -0.25) is 4.90 Å². The summed E-state index contributed by atoms with van der Waals surface area (Å²) in [5.74, 6) is 0. The fourth-order valence-electron chi connectivity index (χ4n) is 2.20. The summed E-state index contributed by atoms with van der Waals surface area (Å²) < 4.78 is 2.02. The SMILES string of the molecule is CC(c1ccccc1Cl)N(C)Cc1cn(CCN)cn1. The molecule has 4 nitrogen and oxygen atoms in total. The number of aromatic nitrogens is 2. The van der Waals surface area contributed by atoms with Crippen molar-refractivity contribution in [2.45, 2.75) is 26.1 Å². The van der Waals surface area contributed by atoms with E-state index in [4.69, 9.17) is 17.3 Å². The third-order valence-corrected chi connectivity index (χ3v) is 3.85. The van der Waals surface area contributed by atoms with Gasteiger partial charge < -0.3 is 10.3 Å². The number of nitrogens with zero attached hydrogens (tertiary/aromatic N) is 3. The van der Waals surface area contributed by atoms with Crippen LogP contribution in [0.1, 0.15) is 24.2 Å². The lowest BCUT2D eigenvalue weighted by molar-refractivity contribution is 0.250. The molecule has 1 heterocycles. The number of hydrogen-bond acceptors (Lipinski definition) is 3. The molecule has 20 heavy (non-hydrogen) atoms. The van der Waals surface area contributed by atoms with Crippen LogP contribution in [0.5, 0.6) is 0 Å². The van der Waals surface area contributed by atoms with E-state index in [-0.39, 0.29) is 6.04 Å². The van der Waals surface area contributed by atoms with Crippen molar-refractivity contribution in [3.63, 3.8) is 0 Å². The minimum atomic E-state index is 0.239. The van der Waals surface area contributed by atoms with Crippen LogP contribution in [0.2, 0.25) is 5.02 Å². The van der Waals surface area contributed by atoms with Gasteiger partial charge in [-0.05, 0) is 25.6 Å². The average Bonchev–Trinajstić information content (AvgIpc) is 2.86. The number of benzene rings is 1. The predicted molar refractivity (Wildman–Crippen MR) is 82.6 cm³/mol. The number of imidazole rings is 1. The van der Waals surface area contributed by atoms with E-state index in [9.17, 15) is 0 Å². The molecule has 0 fully saturated rings. The Labute approximate surface area is 125 Å². The van der Waals surface area contributed by atoms with Gasteiger partial charge in [0, 0.05) is 36.9 Å². The summed E-state index contributed by atoms with van der Waals surface area (Å²) in [5.41, 5.74) is 7.72. The van der Waals surface area contributed by atoms with Gasteiger partial charge in [-0.2, -0.15) is 0 Å². The minimum Gasteiger partial charge on any atom is -0.336 e. The molecule has 0 aliphatic rings. The van der Waals surface area contributed by atoms with Gasteiger partial charge in [-0.15, -0.1) is 0 Å². The largest absolute Gasteiger partial charge is 0.336 e. The molecule has 2 rings (SSSR count). The maximum Gasteiger partial charge on any atom is 0.0950 e. The zero-order valence-corrected chi connectivity index (χ0v) is 12.7. The zero-order valence-electron chi connectivity index (χ0n) is 12.0. The van der Waals surface area contributed by atoms with Gasteiger partial charge >= 0.3 is 0 Å². The van der Waals surface area contributed by atoms with E-state index in [2.05, 4.69) is 29.9 Å². The Balaban J connectivity index is 2.03. The molecule has 0 spiro atoms. The molecule has 1 aromatic heterocycles. The standard InChI is InChI=1S/C15H21ClN4/c1-12(14-5-3-4-6-15(14)16)19(2)9-13-10-20(8-7-17)11-18-13/h3-6,10-12H,7-9,17H2,1-2H3. The van der Waals surface area contributed by atoms with Gasteiger partial charge in [0.25, 0.3) is 0 Å². The molecule has 0 amide bonds. The zero-order chi connectivity index (χ0) is 14.5. The molecule has 1 aromatic carbocycles. The molecule has 0 aliphatic heterocycles. The van der Waals surface area contributed by atoms with E-state index in [1.165, 1.54) is 0 Å². The third kappa shape index (κ3) is 3.60. The van der Waals surface area contributed by atoms with Crippen molar-refractivity contribution >= 4 is 11.6 Å². The van der Waals surface area contributed by atoms with Crippen LogP contribution in [-0.2, 0) is 13.1 Å². The monoisotopic (exact) mass is 292 g/mol. The summed E-state index contributed by atoms with van der Waals surface area (Å²) in [7, 11) is 2.08. The Morgan fingerprint density at radius 1 is 1.40 bits per heavy atom. The van der Waals surface area contributed by atoms with Gasteiger partial charge in [-0.1, -0.05) is 29.8 Å². The van der Waals surface area contributed by atoms with Crippen molar-refractivity contribution in [1.29, 1.82) is 0 Å². The second-order valence-electron chi connectivity index (χ2n) is 5.00. The van der Waals surface area contributed by atoms with Crippen LogP contribution in [0, 0.1) is 0 Å². The molecule has 5 heteroatoms. The fourth-order valence-corrected chi connectivity index (χ4v) is 2.50. The quantitative estimate of drug-likeness (QED) is 0.890. The lowest BCUT2D eigenvalue weighted by Gasteiger charge is -2.25. The van der Waals surface area contributed by atoms with Crippen LogP contribution >= 0.6 is 11.6 Å². The number of nitrogens with two attached hydrogens (primary N) is 1. The van der Waals surface area contributed by atoms with Crippen LogP contribution in [-0.4, -0.2) is 28.0 Å². The molecule has 0 saturated carbocycles. The van der Waals surface area contributed by atoms with Crippen molar-refractivity contribution < 1.29 is 0 Å². The Hall–Kier alpha value is -1.36. The smallest absolute Gasteiger partial charge is 0.0950 e. The summed E-state index contributed by atoms with van der Waals surface area (Å²) in [6.45, 7) is 4.36. The average molecular weight is 293 g/mol. The van der Waals surface area contributed by atoms with E-state index >= 15 is 0 Å². The highest BCUT2D eigenvalue weighted by atomic mass is 35.5.